The van der Waals surface area contributed by atoms with Crippen LogP contribution in [0.5, 0.6) is 0 Å². The molecule has 2 saturated heterocycles. The summed E-state index contributed by atoms with van der Waals surface area (Å²) in [6.45, 7) is 0.962. The van der Waals surface area contributed by atoms with Gasteiger partial charge in [-0.1, -0.05) is 0 Å². The second kappa shape index (κ2) is 10.1. The first-order chi connectivity index (χ1) is 13.6. The van der Waals surface area contributed by atoms with Gasteiger partial charge in [0, 0.05) is 13.8 Å². The van der Waals surface area contributed by atoms with Gasteiger partial charge in [0.15, 0.2) is 12.6 Å². The Morgan fingerprint density at radius 2 is 1.38 bits per heavy atom. The highest BCUT2D eigenvalue weighted by Crippen LogP contribution is 2.28. The zero-order valence-corrected chi connectivity index (χ0v) is 15.9. The molecule has 13 heteroatoms. The summed E-state index contributed by atoms with van der Waals surface area (Å²) < 4.78 is 16.3. The minimum atomic E-state index is -1.64. The number of aliphatic hydroxyl groups excluding tert-OH is 6. The number of ether oxygens (including phenoxy) is 3. The van der Waals surface area contributed by atoms with E-state index >= 15 is 0 Å². The molecule has 0 radical (unpaired) electrons. The molecular formula is C16H28N2O11. The molecule has 2 aliphatic rings. The Labute approximate surface area is 166 Å². The molecule has 0 aromatic rings. The Bertz CT molecular complexity index is 579. The van der Waals surface area contributed by atoms with Gasteiger partial charge in [0.2, 0.25) is 11.8 Å². The minimum absolute atomic E-state index is 0.568. The predicted octanol–water partition coefficient (Wildman–Crippen LogP) is -5.11. The smallest absolute Gasteiger partial charge is 0.217 e. The number of carbonyl (C=O) groups excluding carboxylic acids is 2. The maximum absolute atomic E-state index is 11.5. The second-order valence-electron chi connectivity index (χ2n) is 7.00. The molecule has 2 rings (SSSR count). The summed E-state index contributed by atoms with van der Waals surface area (Å²) in [5.74, 6) is -1.14. The van der Waals surface area contributed by atoms with Crippen LogP contribution in [0.15, 0.2) is 0 Å². The summed E-state index contributed by atoms with van der Waals surface area (Å²) in [5, 5.41) is 64.5. The molecule has 0 aromatic carbocycles. The summed E-state index contributed by atoms with van der Waals surface area (Å²) in [4.78, 5) is 22.8. The van der Waals surface area contributed by atoms with Crippen molar-refractivity contribution in [1.82, 2.24) is 10.6 Å². The molecule has 0 unspecified atom stereocenters. The van der Waals surface area contributed by atoms with Gasteiger partial charge in [-0.2, -0.15) is 0 Å². The van der Waals surface area contributed by atoms with Gasteiger partial charge in [0.05, 0.1) is 13.2 Å². The van der Waals surface area contributed by atoms with Crippen LogP contribution in [0.3, 0.4) is 0 Å². The lowest BCUT2D eigenvalue weighted by Crippen LogP contribution is -2.69. The topological polar surface area (TPSA) is 207 Å². The van der Waals surface area contributed by atoms with Crippen LogP contribution in [0.4, 0.5) is 0 Å². The Balaban J connectivity index is 2.26. The third-order valence-corrected chi connectivity index (χ3v) is 4.78. The SMILES string of the molecule is CC(=O)N[C@@H]1[C@@H](O)[C@@H](O[C@@H]2O[C@H](CO)[C@H](O)[C@H](O)[C@H]2NC(C)=O)[C@@H](CO)O[C@H]1O. The number of aliphatic hydroxyl groups is 6. The fourth-order valence-corrected chi connectivity index (χ4v) is 3.38. The van der Waals surface area contributed by atoms with Crippen LogP contribution in [0.2, 0.25) is 0 Å². The molecule has 2 fully saturated rings. The summed E-state index contributed by atoms with van der Waals surface area (Å²) in [7, 11) is 0. The number of carbonyl (C=O) groups is 2. The fourth-order valence-electron chi connectivity index (χ4n) is 3.38. The highest BCUT2D eigenvalue weighted by molar-refractivity contribution is 5.73. The van der Waals surface area contributed by atoms with Crippen molar-refractivity contribution >= 4 is 11.8 Å². The second-order valence-corrected chi connectivity index (χ2v) is 7.00. The first kappa shape index (κ1) is 23.9. The number of amides is 2. The molecular weight excluding hydrogens is 396 g/mol. The third-order valence-electron chi connectivity index (χ3n) is 4.78. The Hall–Kier alpha value is -1.42. The molecule has 0 bridgehead atoms. The van der Waals surface area contributed by atoms with Gasteiger partial charge in [0.25, 0.3) is 0 Å². The van der Waals surface area contributed by atoms with E-state index in [0.29, 0.717) is 0 Å². The summed E-state index contributed by atoms with van der Waals surface area (Å²) >= 11 is 0. The molecule has 0 saturated carbocycles. The van der Waals surface area contributed by atoms with Crippen LogP contribution in [-0.4, -0.2) is 117 Å². The van der Waals surface area contributed by atoms with E-state index in [1.54, 1.807) is 0 Å². The van der Waals surface area contributed by atoms with Crippen molar-refractivity contribution in [2.75, 3.05) is 13.2 Å². The van der Waals surface area contributed by atoms with E-state index in [1.165, 1.54) is 0 Å². The lowest BCUT2D eigenvalue weighted by atomic mass is 9.94. The third kappa shape index (κ3) is 5.39. The number of rotatable bonds is 6. The van der Waals surface area contributed by atoms with E-state index in [4.69, 9.17) is 14.2 Å². The minimum Gasteiger partial charge on any atom is -0.394 e. The Morgan fingerprint density at radius 1 is 0.828 bits per heavy atom. The molecule has 10 atom stereocenters. The Kier molecular flexibility index (Phi) is 8.28. The van der Waals surface area contributed by atoms with Crippen molar-refractivity contribution in [3.63, 3.8) is 0 Å². The normalized spacial score (nSPS) is 42.9. The quantitative estimate of drug-likeness (QED) is 0.202. The van der Waals surface area contributed by atoms with Gasteiger partial charge in [-0.3, -0.25) is 9.59 Å². The molecule has 0 aromatic heterocycles. The number of hydrogen-bond donors (Lipinski definition) is 8. The lowest BCUT2D eigenvalue weighted by Gasteiger charge is -2.47. The fraction of sp³-hybridized carbons (Fsp3) is 0.875. The van der Waals surface area contributed by atoms with Gasteiger partial charge < -0.3 is 55.5 Å². The molecule has 0 aliphatic carbocycles. The number of nitrogens with one attached hydrogen (secondary N) is 2. The van der Waals surface area contributed by atoms with Gasteiger partial charge >= 0.3 is 0 Å². The number of hydrogen-bond acceptors (Lipinski definition) is 11. The van der Waals surface area contributed by atoms with E-state index in [1.807, 2.05) is 0 Å². The van der Waals surface area contributed by atoms with Crippen LogP contribution in [0.1, 0.15) is 13.8 Å². The van der Waals surface area contributed by atoms with Gasteiger partial charge in [0.1, 0.15) is 48.7 Å². The maximum Gasteiger partial charge on any atom is 0.217 e. The van der Waals surface area contributed by atoms with Crippen molar-refractivity contribution in [3.05, 3.63) is 0 Å². The molecule has 0 spiro atoms. The maximum atomic E-state index is 11.5. The van der Waals surface area contributed by atoms with Crippen LogP contribution in [0.25, 0.3) is 0 Å². The molecule has 168 valence electrons. The molecule has 2 heterocycles. The van der Waals surface area contributed by atoms with Crippen molar-refractivity contribution in [2.24, 2.45) is 0 Å². The van der Waals surface area contributed by atoms with Crippen LogP contribution in [-0.2, 0) is 23.8 Å². The highest BCUT2D eigenvalue weighted by atomic mass is 16.7. The Morgan fingerprint density at radius 3 is 1.90 bits per heavy atom. The summed E-state index contributed by atoms with van der Waals surface area (Å²) in [5.41, 5.74) is 0. The lowest BCUT2D eigenvalue weighted by molar-refractivity contribution is -0.327. The highest BCUT2D eigenvalue weighted by Gasteiger charge is 2.51. The van der Waals surface area contributed by atoms with E-state index < -0.39 is 86.3 Å². The molecule has 2 amide bonds. The van der Waals surface area contributed by atoms with Crippen molar-refractivity contribution in [3.8, 4) is 0 Å². The summed E-state index contributed by atoms with van der Waals surface area (Å²) in [6, 6.07) is -2.59. The van der Waals surface area contributed by atoms with E-state index in [2.05, 4.69) is 10.6 Å². The van der Waals surface area contributed by atoms with E-state index in [0.717, 1.165) is 13.8 Å². The first-order valence-corrected chi connectivity index (χ1v) is 9.05. The van der Waals surface area contributed by atoms with Crippen LogP contribution < -0.4 is 10.6 Å². The van der Waals surface area contributed by atoms with Gasteiger partial charge in [-0.25, -0.2) is 0 Å². The molecule has 2 aliphatic heterocycles. The zero-order valence-electron chi connectivity index (χ0n) is 15.9. The van der Waals surface area contributed by atoms with Gasteiger partial charge in [-0.15, -0.1) is 0 Å². The zero-order chi connectivity index (χ0) is 21.9. The standard InChI is InChI=1S/C16H28N2O11/c1-5(21)17-9-13(25)14(8(4-20)27-15(9)26)29-16-10(18-6(2)22)12(24)11(23)7(3-19)28-16/h7-16,19-20,23-26H,3-4H2,1-2H3,(H,17,21)(H,18,22)/t7-,8-,9-,10-,11+,12-,13-,14+,15-,16+/m1/s1. The molecule has 13 nitrogen and oxygen atoms in total. The monoisotopic (exact) mass is 424 g/mol. The van der Waals surface area contributed by atoms with E-state index in [-0.39, 0.29) is 0 Å². The first-order valence-electron chi connectivity index (χ1n) is 9.05. The van der Waals surface area contributed by atoms with Crippen LogP contribution in [0, 0.1) is 0 Å². The summed E-state index contributed by atoms with van der Waals surface area (Å²) in [6.07, 6.45) is -11.7. The predicted molar refractivity (Wildman–Crippen MR) is 91.8 cm³/mol. The van der Waals surface area contributed by atoms with Crippen molar-refractivity contribution in [2.45, 2.75) is 75.1 Å². The molecule has 29 heavy (non-hydrogen) atoms. The average Bonchev–Trinajstić information content (AvgIpc) is 2.65. The molecule has 8 N–H and O–H groups in total. The van der Waals surface area contributed by atoms with E-state index in [9.17, 15) is 40.2 Å². The average molecular weight is 424 g/mol. The van der Waals surface area contributed by atoms with Crippen LogP contribution >= 0.6 is 0 Å². The largest absolute Gasteiger partial charge is 0.394 e. The van der Waals surface area contributed by atoms with Gasteiger partial charge in [-0.05, 0) is 0 Å². The van der Waals surface area contributed by atoms with Crippen molar-refractivity contribution < 1.29 is 54.4 Å². The van der Waals surface area contributed by atoms with Crippen molar-refractivity contribution in [1.29, 1.82) is 0 Å².